The lowest BCUT2D eigenvalue weighted by Crippen LogP contribution is -2.15. The van der Waals surface area contributed by atoms with Gasteiger partial charge in [0, 0.05) is 28.9 Å². The number of thiocarbonyl (C=S) groups is 1. The Morgan fingerprint density at radius 2 is 1.51 bits per heavy atom. The zero-order valence-electron chi connectivity index (χ0n) is 20.1. The average Bonchev–Trinajstić information content (AvgIpc) is 3.29. The highest BCUT2D eigenvalue weighted by Gasteiger charge is 2.29. The minimum atomic E-state index is 0.690. The zero-order chi connectivity index (χ0) is 23.9. The summed E-state index contributed by atoms with van der Waals surface area (Å²) >= 11 is 6.08. The van der Waals surface area contributed by atoms with Gasteiger partial charge in [-0.1, -0.05) is 90.1 Å². The molecule has 1 N–H and O–H groups in total. The first-order valence-corrected chi connectivity index (χ1v) is 12.7. The number of nitrogens with one attached hydrogen (secondary N) is 1. The second-order valence-corrected chi connectivity index (χ2v) is 9.83. The van der Waals surface area contributed by atoms with Crippen molar-refractivity contribution in [2.45, 2.75) is 39.7 Å². The lowest BCUT2D eigenvalue weighted by Gasteiger charge is -2.12. The van der Waals surface area contributed by atoms with Crippen LogP contribution >= 0.6 is 12.2 Å². The molecule has 0 atom stereocenters. The van der Waals surface area contributed by atoms with Crippen LogP contribution in [0.2, 0.25) is 0 Å². The van der Waals surface area contributed by atoms with Crippen molar-refractivity contribution in [1.82, 2.24) is 14.2 Å². The summed E-state index contributed by atoms with van der Waals surface area (Å²) in [6.07, 6.45) is 3.29. The van der Waals surface area contributed by atoms with Crippen LogP contribution in [0.3, 0.4) is 0 Å². The van der Waals surface area contributed by atoms with Crippen LogP contribution in [0.15, 0.2) is 78.9 Å². The Kier molecular flexibility index (Phi) is 5.50. The van der Waals surface area contributed by atoms with Gasteiger partial charge in [-0.2, -0.15) is 0 Å². The smallest absolute Gasteiger partial charge is 0.162 e. The summed E-state index contributed by atoms with van der Waals surface area (Å²) in [5.74, 6) is 0.999. The first kappa shape index (κ1) is 21.8. The van der Waals surface area contributed by atoms with Crippen molar-refractivity contribution in [3.05, 3.63) is 101 Å². The maximum absolute atomic E-state index is 6.08. The molecule has 0 bridgehead atoms. The quantitative estimate of drug-likeness (QED) is 0.278. The topological polar surface area (TPSA) is 34.3 Å². The van der Waals surface area contributed by atoms with E-state index in [2.05, 4.69) is 107 Å². The normalized spacial score (nSPS) is 13.1. The molecule has 0 aliphatic carbocycles. The van der Waals surface area contributed by atoms with Crippen LogP contribution < -0.4 is 5.32 Å². The predicted octanol–water partition coefficient (Wildman–Crippen LogP) is 7.21. The number of rotatable bonds is 4. The number of aryl methyl sites for hydroxylation is 4. The highest BCUT2D eigenvalue weighted by atomic mass is 32.1. The van der Waals surface area contributed by atoms with Crippen molar-refractivity contribution >= 4 is 28.5 Å². The van der Waals surface area contributed by atoms with Crippen molar-refractivity contribution in [1.29, 1.82) is 0 Å². The molecule has 0 amide bonds. The van der Waals surface area contributed by atoms with Crippen LogP contribution in [-0.2, 0) is 13.0 Å². The molecule has 1 aliphatic rings. The van der Waals surface area contributed by atoms with Crippen molar-refractivity contribution in [3.8, 4) is 22.5 Å². The molecule has 2 aromatic heterocycles. The van der Waals surface area contributed by atoms with Gasteiger partial charge < -0.3 is 9.88 Å². The molecule has 0 saturated heterocycles. The van der Waals surface area contributed by atoms with Gasteiger partial charge in [0.25, 0.3) is 0 Å². The monoisotopic (exact) mass is 476 g/mol. The second kappa shape index (κ2) is 8.82. The Morgan fingerprint density at radius 3 is 2.23 bits per heavy atom. The van der Waals surface area contributed by atoms with Crippen LogP contribution in [0.25, 0.3) is 28.2 Å². The fraction of sp³-hybridized carbons (Fsp3) is 0.200. The molecule has 1 aliphatic heterocycles. The van der Waals surface area contributed by atoms with Crippen LogP contribution in [0.4, 0.5) is 5.69 Å². The third-order valence-electron chi connectivity index (χ3n) is 6.88. The Balaban J connectivity index is 1.60. The van der Waals surface area contributed by atoms with E-state index in [0.717, 1.165) is 48.6 Å². The van der Waals surface area contributed by atoms with Gasteiger partial charge in [0.2, 0.25) is 0 Å². The van der Waals surface area contributed by atoms with E-state index in [1.165, 1.54) is 33.5 Å². The maximum Gasteiger partial charge on any atom is 0.162 e. The summed E-state index contributed by atoms with van der Waals surface area (Å²) in [6, 6.07) is 27.6. The number of nitrogens with zero attached hydrogens (tertiary/aromatic N) is 3. The molecule has 6 rings (SSSR count). The SMILES string of the molecule is Cc1ccc(NC(=S)c2c(-c3ccc(C)cc3)c3c4n(c(-c5ccccc5)nn24)CCCC3)cc1. The standard InChI is InChI=1S/C30H28N4S/c1-20-11-15-22(16-12-20)26-25-10-6-7-19-33-28(23-8-4-3-5-9-23)32-34(30(25)33)27(26)29(35)31-24-17-13-21(2)14-18-24/h3-5,8-9,11-18H,6-7,10,19H2,1-2H3,(H,31,35). The van der Waals surface area contributed by atoms with Crippen LogP contribution in [-0.4, -0.2) is 19.2 Å². The predicted molar refractivity (Wildman–Crippen MR) is 148 cm³/mol. The highest BCUT2D eigenvalue weighted by molar-refractivity contribution is 7.81. The van der Waals surface area contributed by atoms with Gasteiger partial charge in [-0.15, -0.1) is 5.10 Å². The lowest BCUT2D eigenvalue weighted by molar-refractivity contribution is 0.645. The third kappa shape index (κ3) is 3.86. The van der Waals surface area contributed by atoms with Gasteiger partial charge in [0.15, 0.2) is 5.82 Å². The molecule has 5 aromatic rings. The molecule has 0 saturated carbocycles. The van der Waals surface area contributed by atoms with E-state index >= 15 is 0 Å². The van der Waals surface area contributed by atoms with Crippen molar-refractivity contribution in [2.75, 3.05) is 5.32 Å². The minimum Gasteiger partial charge on any atom is -0.345 e. The average molecular weight is 477 g/mol. The molecule has 174 valence electrons. The fourth-order valence-electron chi connectivity index (χ4n) is 5.11. The molecule has 0 radical (unpaired) electrons. The van der Waals surface area contributed by atoms with Gasteiger partial charge in [-0.3, -0.25) is 0 Å². The van der Waals surface area contributed by atoms with E-state index in [4.69, 9.17) is 17.3 Å². The van der Waals surface area contributed by atoms with E-state index in [-0.39, 0.29) is 0 Å². The number of hydrogen-bond acceptors (Lipinski definition) is 2. The van der Waals surface area contributed by atoms with Crippen LogP contribution in [0.1, 0.15) is 35.2 Å². The molecule has 0 unspecified atom stereocenters. The van der Waals surface area contributed by atoms with Crippen LogP contribution in [0, 0.1) is 13.8 Å². The molecule has 0 fully saturated rings. The molecule has 0 spiro atoms. The number of anilines is 1. The lowest BCUT2D eigenvalue weighted by atomic mass is 9.97. The molecule has 4 nitrogen and oxygen atoms in total. The fourth-order valence-corrected chi connectivity index (χ4v) is 5.41. The summed E-state index contributed by atoms with van der Waals surface area (Å²) in [7, 11) is 0. The first-order chi connectivity index (χ1) is 17.1. The summed E-state index contributed by atoms with van der Waals surface area (Å²) in [4.78, 5) is 0.690. The number of hydrogen-bond donors (Lipinski definition) is 1. The summed E-state index contributed by atoms with van der Waals surface area (Å²) < 4.78 is 4.50. The molecule has 3 heterocycles. The molecule has 5 heteroatoms. The molecular formula is C30H28N4S. The van der Waals surface area contributed by atoms with E-state index < -0.39 is 0 Å². The first-order valence-electron chi connectivity index (χ1n) is 12.2. The molecule has 3 aromatic carbocycles. The zero-order valence-corrected chi connectivity index (χ0v) is 20.9. The van der Waals surface area contributed by atoms with Crippen molar-refractivity contribution in [2.24, 2.45) is 0 Å². The Bertz CT molecular complexity index is 1520. The summed E-state index contributed by atoms with van der Waals surface area (Å²) in [5.41, 5.74) is 10.4. The van der Waals surface area contributed by atoms with E-state index in [1.54, 1.807) is 0 Å². The van der Waals surface area contributed by atoms with Crippen molar-refractivity contribution in [3.63, 3.8) is 0 Å². The molecule has 35 heavy (non-hydrogen) atoms. The van der Waals surface area contributed by atoms with Gasteiger partial charge in [0.1, 0.15) is 16.3 Å². The molecular weight excluding hydrogens is 448 g/mol. The Hall–Kier alpha value is -3.70. The van der Waals surface area contributed by atoms with E-state index in [0.29, 0.717) is 4.99 Å². The maximum atomic E-state index is 6.08. The Morgan fingerprint density at radius 1 is 0.829 bits per heavy atom. The number of aromatic nitrogens is 3. The van der Waals surface area contributed by atoms with Gasteiger partial charge in [0.05, 0.1) is 0 Å². The van der Waals surface area contributed by atoms with E-state index in [9.17, 15) is 0 Å². The highest BCUT2D eigenvalue weighted by Crippen LogP contribution is 2.38. The Labute approximate surface area is 211 Å². The van der Waals surface area contributed by atoms with Gasteiger partial charge in [-0.25, -0.2) is 4.52 Å². The largest absolute Gasteiger partial charge is 0.345 e. The summed E-state index contributed by atoms with van der Waals surface area (Å²) in [6.45, 7) is 5.17. The van der Waals surface area contributed by atoms with Gasteiger partial charge >= 0.3 is 0 Å². The van der Waals surface area contributed by atoms with Gasteiger partial charge in [-0.05, 0) is 50.8 Å². The second-order valence-electron chi connectivity index (χ2n) is 9.42. The third-order valence-corrected chi connectivity index (χ3v) is 7.18. The minimum absolute atomic E-state index is 0.690. The van der Waals surface area contributed by atoms with Crippen molar-refractivity contribution < 1.29 is 0 Å². The summed E-state index contributed by atoms with van der Waals surface area (Å²) in [5, 5.41) is 8.69. The number of benzene rings is 3. The van der Waals surface area contributed by atoms with Crippen LogP contribution in [0.5, 0.6) is 0 Å². The van der Waals surface area contributed by atoms with E-state index in [1.807, 2.05) is 0 Å².